The van der Waals surface area contributed by atoms with Crippen LogP contribution in [-0.4, -0.2) is 16.7 Å². The van der Waals surface area contributed by atoms with Crippen molar-refractivity contribution in [1.29, 1.82) is 5.41 Å². The highest BCUT2D eigenvalue weighted by Crippen LogP contribution is 2.51. The first-order valence-electron chi connectivity index (χ1n) is 11.6. The van der Waals surface area contributed by atoms with Gasteiger partial charge in [-0.05, 0) is 29.5 Å². The zero-order valence-corrected chi connectivity index (χ0v) is 19.5. The normalized spacial score (nSPS) is 21.4. The largest absolute Gasteiger partial charge is 0.507 e. The van der Waals surface area contributed by atoms with Gasteiger partial charge < -0.3 is 5.11 Å². The molecule has 0 aromatic heterocycles. The van der Waals surface area contributed by atoms with Gasteiger partial charge in [-0.3, -0.25) is 15.1 Å². The SMILES string of the molecule is CC1(C)CC(=O)C2=C(C1)N(c1ccccc1)C(=N)C(=C(O)c1ccccc1)C2c1ccccc1. The molecule has 170 valence electrons. The molecule has 5 rings (SSSR count). The number of aliphatic hydroxyl groups excluding tert-OH is 1. The standard InChI is InChI=1S/C30H28N2O2/c1-30(2)18-23-26(24(33)19-30)25(20-12-6-3-7-13-20)27(28(34)21-14-8-4-9-15-21)29(31)32(23)22-16-10-5-11-17-22/h3-17,25,31,34H,18-19H2,1-2H3. The molecule has 0 saturated carbocycles. The number of hydrogen-bond donors (Lipinski definition) is 2. The monoisotopic (exact) mass is 448 g/mol. The number of Topliss-reactive ketones (excluding diaryl/α,β-unsaturated/α-hetero) is 1. The van der Waals surface area contributed by atoms with Crippen LogP contribution in [0.15, 0.2) is 108 Å². The third-order valence-corrected chi connectivity index (χ3v) is 6.67. The number of benzene rings is 3. The number of para-hydroxylation sites is 1. The molecule has 2 aliphatic rings. The van der Waals surface area contributed by atoms with Crippen LogP contribution in [-0.2, 0) is 4.79 Å². The van der Waals surface area contributed by atoms with Gasteiger partial charge in [-0.25, -0.2) is 0 Å². The predicted octanol–water partition coefficient (Wildman–Crippen LogP) is 6.88. The Bertz CT molecular complexity index is 1310. The Labute approximate surface area is 200 Å². The van der Waals surface area contributed by atoms with E-state index in [0.29, 0.717) is 29.6 Å². The van der Waals surface area contributed by atoms with Crippen LogP contribution in [0.4, 0.5) is 5.69 Å². The van der Waals surface area contributed by atoms with Gasteiger partial charge in [0.05, 0.1) is 0 Å². The van der Waals surface area contributed by atoms with E-state index in [9.17, 15) is 15.3 Å². The summed E-state index contributed by atoms with van der Waals surface area (Å²) in [5.41, 5.74) is 4.12. The quantitative estimate of drug-likeness (QED) is 0.429. The van der Waals surface area contributed by atoms with Crippen molar-refractivity contribution in [3.05, 3.63) is 119 Å². The Hall–Kier alpha value is -3.92. The van der Waals surface area contributed by atoms with E-state index in [1.54, 1.807) is 0 Å². The summed E-state index contributed by atoms with van der Waals surface area (Å²) in [4.78, 5) is 15.6. The number of nitrogens with zero attached hydrogens (tertiary/aromatic N) is 1. The topological polar surface area (TPSA) is 64.4 Å². The Morgan fingerprint density at radius 2 is 1.44 bits per heavy atom. The lowest BCUT2D eigenvalue weighted by atomic mass is 9.67. The number of amidine groups is 1. The van der Waals surface area contributed by atoms with E-state index in [2.05, 4.69) is 13.8 Å². The highest BCUT2D eigenvalue weighted by Gasteiger charge is 2.46. The minimum atomic E-state index is -0.507. The highest BCUT2D eigenvalue weighted by atomic mass is 16.3. The minimum absolute atomic E-state index is 0.0320. The van der Waals surface area contributed by atoms with E-state index in [4.69, 9.17) is 0 Å². The molecule has 1 aliphatic carbocycles. The molecule has 1 aliphatic heterocycles. The van der Waals surface area contributed by atoms with Crippen molar-refractivity contribution in [2.45, 2.75) is 32.6 Å². The maximum atomic E-state index is 13.8. The van der Waals surface area contributed by atoms with Gasteiger partial charge in [0, 0.05) is 40.4 Å². The first kappa shape index (κ1) is 21.9. The molecule has 0 spiro atoms. The highest BCUT2D eigenvalue weighted by molar-refractivity contribution is 6.19. The number of allylic oxidation sites excluding steroid dienone is 2. The van der Waals surface area contributed by atoms with Gasteiger partial charge in [-0.1, -0.05) is 92.7 Å². The molecule has 3 aromatic rings. The van der Waals surface area contributed by atoms with Crippen LogP contribution in [0, 0.1) is 10.8 Å². The molecule has 1 heterocycles. The fourth-order valence-corrected chi connectivity index (χ4v) is 5.21. The third kappa shape index (κ3) is 3.75. The van der Waals surface area contributed by atoms with Crippen LogP contribution in [0.3, 0.4) is 0 Å². The molecule has 1 atom stereocenters. The van der Waals surface area contributed by atoms with E-state index in [1.165, 1.54) is 0 Å². The minimum Gasteiger partial charge on any atom is -0.507 e. The second-order valence-electron chi connectivity index (χ2n) is 9.79. The first-order chi connectivity index (χ1) is 16.4. The Kier molecular flexibility index (Phi) is 5.45. The van der Waals surface area contributed by atoms with Crippen molar-refractivity contribution in [2.24, 2.45) is 5.41 Å². The maximum Gasteiger partial charge on any atom is 0.162 e. The molecule has 0 saturated heterocycles. The van der Waals surface area contributed by atoms with Gasteiger partial charge >= 0.3 is 0 Å². The van der Waals surface area contributed by atoms with Crippen molar-refractivity contribution in [2.75, 3.05) is 4.90 Å². The number of carbonyl (C=O) groups is 1. The number of carbonyl (C=O) groups excluding carboxylic acids is 1. The Balaban J connectivity index is 1.85. The van der Waals surface area contributed by atoms with Crippen molar-refractivity contribution in [1.82, 2.24) is 0 Å². The molecular weight excluding hydrogens is 420 g/mol. The summed E-state index contributed by atoms with van der Waals surface area (Å²) in [6, 6.07) is 28.8. The number of anilines is 1. The number of nitrogens with one attached hydrogen (secondary N) is 1. The van der Waals surface area contributed by atoms with E-state index >= 15 is 0 Å². The van der Waals surface area contributed by atoms with Crippen LogP contribution in [0.25, 0.3) is 5.76 Å². The summed E-state index contributed by atoms with van der Waals surface area (Å²) in [5.74, 6) is -0.199. The summed E-state index contributed by atoms with van der Waals surface area (Å²) < 4.78 is 0. The van der Waals surface area contributed by atoms with E-state index in [0.717, 1.165) is 16.9 Å². The Morgan fingerprint density at radius 1 is 0.882 bits per heavy atom. The molecule has 3 aromatic carbocycles. The number of aliphatic hydroxyl groups is 1. The zero-order chi connectivity index (χ0) is 23.9. The van der Waals surface area contributed by atoms with Gasteiger partial charge in [-0.15, -0.1) is 0 Å². The van der Waals surface area contributed by atoms with Crippen molar-refractivity contribution in [3.63, 3.8) is 0 Å². The number of ketones is 1. The Morgan fingerprint density at radius 3 is 2.06 bits per heavy atom. The molecule has 0 radical (unpaired) electrons. The fraction of sp³-hybridized carbons (Fsp3) is 0.200. The number of hydrogen-bond acceptors (Lipinski definition) is 3. The van der Waals surface area contributed by atoms with Crippen molar-refractivity contribution in [3.8, 4) is 0 Å². The second-order valence-corrected chi connectivity index (χ2v) is 9.79. The second kappa shape index (κ2) is 8.45. The number of rotatable bonds is 3. The first-order valence-corrected chi connectivity index (χ1v) is 11.6. The third-order valence-electron chi connectivity index (χ3n) is 6.67. The molecule has 4 heteroatoms. The van der Waals surface area contributed by atoms with E-state index in [1.807, 2.05) is 95.9 Å². The van der Waals surface area contributed by atoms with Gasteiger partial charge in [0.25, 0.3) is 0 Å². The molecule has 34 heavy (non-hydrogen) atoms. The zero-order valence-electron chi connectivity index (χ0n) is 19.5. The summed E-state index contributed by atoms with van der Waals surface area (Å²) in [6.07, 6.45) is 1.11. The maximum absolute atomic E-state index is 13.8. The van der Waals surface area contributed by atoms with Crippen LogP contribution in [0.2, 0.25) is 0 Å². The molecule has 0 bridgehead atoms. The molecular formula is C30H28N2O2. The van der Waals surface area contributed by atoms with Crippen LogP contribution in [0.5, 0.6) is 0 Å². The summed E-state index contributed by atoms with van der Waals surface area (Å²) >= 11 is 0. The van der Waals surface area contributed by atoms with Gasteiger partial charge in [-0.2, -0.15) is 0 Å². The van der Waals surface area contributed by atoms with Crippen LogP contribution in [0.1, 0.15) is 43.7 Å². The van der Waals surface area contributed by atoms with E-state index < -0.39 is 5.92 Å². The lowest BCUT2D eigenvalue weighted by Crippen LogP contribution is -2.45. The molecule has 0 fully saturated rings. The van der Waals surface area contributed by atoms with Crippen LogP contribution >= 0.6 is 0 Å². The van der Waals surface area contributed by atoms with Gasteiger partial charge in [0.15, 0.2) is 5.78 Å². The lowest BCUT2D eigenvalue weighted by Gasteiger charge is -2.45. The lowest BCUT2D eigenvalue weighted by molar-refractivity contribution is -0.118. The van der Waals surface area contributed by atoms with Gasteiger partial charge in [0.1, 0.15) is 11.6 Å². The molecule has 4 nitrogen and oxygen atoms in total. The van der Waals surface area contributed by atoms with E-state index in [-0.39, 0.29) is 22.8 Å². The van der Waals surface area contributed by atoms with Crippen LogP contribution < -0.4 is 4.90 Å². The van der Waals surface area contributed by atoms with Crippen molar-refractivity contribution < 1.29 is 9.90 Å². The smallest absolute Gasteiger partial charge is 0.162 e. The average Bonchev–Trinajstić information content (AvgIpc) is 2.84. The van der Waals surface area contributed by atoms with Crippen molar-refractivity contribution >= 4 is 23.1 Å². The molecule has 0 amide bonds. The fourth-order valence-electron chi connectivity index (χ4n) is 5.21. The summed E-state index contributed by atoms with van der Waals surface area (Å²) in [5, 5.41) is 21.0. The molecule has 1 unspecified atom stereocenters. The predicted molar refractivity (Wildman–Crippen MR) is 137 cm³/mol. The summed E-state index contributed by atoms with van der Waals surface area (Å²) in [6.45, 7) is 4.21. The van der Waals surface area contributed by atoms with Gasteiger partial charge in [0.2, 0.25) is 0 Å². The summed E-state index contributed by atoms with van der Waals surface area (Å²) in [7, 11) is 0. The average molecular weight is 449 g/mol. The molecule has 2 N–H and O–H groups in total.